The monoisotopic (exact) mass is 279 g/mol. The molecule has 1 saturated heterocycles. The Morgan fingerprint density at radius 1 is 1.15 bits per heavy atom. The van der Waals surface area contributed by atoms with E-state index in [2.05, 4.69) is 0 Å². The Morgan fingerprint density at radius 2 is 1.70 bits per heavy atom. The predicted octanol–water partition coefficient (Wildman–Crippen LogP) is 2.53. The highest BCUT2D eigenvalue weighted by Gasteiger charge is 2.38. The number of piperidine rings is 1. The molecule has 110 valence electrons. The van der Waals surface area contributed by atoms with Crippen LogP contribution in [0.25, 0.3) is 0 Å². The van der Waals surface area contributed by atoms with Gasteiger partial charge >= 0.3 is 5.97 Å². The summed E-state index contributed by atoms with van der Waals surface area (Å²) in [6, 6.07) is 0. The maximum atomic E-state index is 12.6. The van der Waals surface area contributed by atoms with E-state index in [1.807, 2.05) is 13.8 Å². The van der Waals surface area contributed by atoms with Gasteiger partial charge in [-0.15, -0.1) is 0 Å². The number of hydrogen-bond acceptors (Lipinski definition) is 3. The van der Waals surface area contributed by atoms with E-state index in [0.717, 1.165) is 11.3 Å². The van der Waals surface area contributed by atoms with Gasteiger partial charge in [-0.3, -0.25) is 9.59 Å². The van der Waals surface area contributed by atoms with E-state index in [1.54, 1.807) is 18.7 Å². The topological polar surface area (TPSA) is 70.8 Å². The number of aliphatic carboxylic acids is 1. The Balaban J connectivity index is 2.15. The van der Waals surface area contributed by atoms with Crippen LogP contribution in [0.15, 0.2) is 4.42 Å². The minimum Gasteiger partial charge on any atom is -0.481 e. The van der Waals surface area contributed by atoms with E-state index < -0.39 is 11.4 Å². The standard InChI is InChI=1S/C15H21NO4/c1-9-10(2)20-11(3)12(9)13(17)16-7-5-15(4,6-8-16)14(18)19/h5-8H2,1-4H3,(H,18,19). The number of amides is 1. The first-order valence-electron chi connectivity index (χ1n) is 6.85. The summed E-state index contributed by atoms with van der Waals surface area (Å²) in [5.74, 6) is 0.565. The van der Waals surface area contributed by atoms with Crippen molar-refractivity contribution in [2.75, 3.05) is 13.1 Å². The largest absolute Gasteiger partial charge is 0.481 e. The Morgan fingerprint density at radius 3 is 2.10 bits per heavy atom. The van der Waals surface area contributed by atoms with Crippen molar-refractivity contribution in [3.05, 3.63) is 22.6 Å². The van der Waals surface area contributed by atoms with Crippen LogP contribution in [0.5, 0.6) is 0 Å². The number of rotatable bonds is 2. The van der Waals surface area contributed by atoms with Gasteiger partial charge in [0, 0.05) is 18.7 Å². The van der Waals surface area contributed by atoms with Gasteiger partial charge in [0.05, 0.1) is 11.0 Å². The summed E-state index contributed by atoms with van der Waals surface area (Å²) in [4.78, 5) is 25.5. The van der Waals surface area contributed by atoms with Crippen LogP contribution in [0.2, 0.25) is 0 Å². The lowest BCUT2D eigenvalue weighted by Gasteiger charge is -2.36. The summed E-state index contributed by atoms with van der Waals surface area (Å²) < 4.78 is 5.49. The summed E-state index contributed by atoms with van der Waals surface area (Å²) in [5, 5.41) is 9.21. The van der Waals surface area contributed by atoms with Gasteiger partial charge in [-0.1, -0.05) is 0 Å². The van der Waals surface area contributed by atoms with Crippen molar-refractivity contribution in [1.29, 1.82) is 0 Å². The number of aryl methyl sites for hydroxylation is 2. The third kappa shape index (κ3) is 2.32. The van der Waals surface area contributed by atoms with Crippen molar-refractivity contribution < 1.29 is 19.1 Å². The van der Waals surface area contributed by atoms with Gasteiger partial charge in [0.1, 0.15) is 11.5 Å². The van der Waals surface area contributed by atoms with Crippen LogP contribution in [-0.2, 0) is 4.79 Å². The lowest BCUT2D eigenvalue weighted by Crippen LogP contribution is -2.45. The molecule has 1 amide bonds. The molecule has 1 N–H and O–H groups in total. The van der Waals surface area contributed by atoms with Crippen molar-refractivity contribution in [3.63, 3.8) is 0 Å². The number of carbonyl (C=O) groups excluding carboxylic acids is 1. The Kier molecular flexibility index (Phi) is 3.63. The fraction of sp³-hybridized carbons (Fsp3) is 0.600. The molecular formula is C15H21NO4. The van der Waals surface area contributed by atoms with Crippen molar-refractivity contribution >= 4 is 11.9 Å². The highest BCUT2D eigenvalue weighted by atomic mass is 16.4. The zero-order valence-corrected chi connectivity index (χ0v) is 12.4. The van der Waals surface area contributed by atoms with Crippen LogP contribution in [0, 0.1) is 26.2 Å². The molecule has 5 heteroatoms. The summed E-state index contributed by atoms with van der Waals surface area (Å²) in [5.41, 5.74) is 0.785. The molecular weight excluding hydrogens is 258 g/mol. The van der Waals surface area contributed by atoms with E-state index in [0.29, 0.717) is 37.3 Å². The number of nitrogens with zero attached hydrogens (tertiary/aromatic N) is 1. The second-order valence-electron chi connectivity index (χ2n) is 5.87. The fourth-order valence-electron chi connectivity index (χ4n) is 2.68. The number of furan rings is 1. The molecule has 0 atom stereocenters. The number of likely N-dealkylation sites (tertiary alicyclic amines) is 1. The average Bonchev–Trinajstić information content (AvgIpc) is 2.63. The summed E-state index contributed by atoms with van der Waals surface area (Å²) in [6.45, 7) is 8.21. The molecule has 5 nitrogen and oxygen atoms in total. The molecule has 0 bridgehead atoms. The first kappa shape index (κ1) is 14.6. The zero-order chi connectivity index (χ0) is 15.1. The van der Waals surface area contributed by atoms with Crippen molar-refractivity contribution in [1.82, 2.24) is 4.90 Å². The van der Waals surface area contributed by atoms with E-state index >= 15 is 0 Å². The third-order valence-electron chi connectivity index (χ3n) is 4.45. The molecule has 0 radical (unpaired) electrons. The number of carbonyl (C=O) groups is 2. The molecule has 2 rings (SSSR count). The Labute approximate surface area is 118 Å². The predicted molar refractivity (Wildman–Crippen MR) is 73.8 cm³/mol. The van der Waals surface area contributed by atoms with Gasteiger partial charge in [0.15, 0.2) is 0 Å². The van der Waals surface area contributed by atoms with E-state index in [-0.39, 0.29) is 5.91 Å². The SMILES string of the molecule is Cc1oc(C)c(C(=O)N2CCC(C)(C(=O)O)CC2)c1C. The Bertz CT molecular complexity index is 550. The molecule has 0 unspecified atom stereocenters. The molecule has 0 saturated carbocycles. The summed E-state index contributed by atoms with van der Waals surface area (Å²) >= 11 is 0. The maximum absolute atomic E-state index is 12.6. The average molecular weight is 279 g/mol. The Hall–Kier alpha value is -1.78. The highest BCUT2D eigenvalue weighted by Crippen LogP contribution is 2.32. The normalized spacial score (nSPS) is 18.1. The lowest BCUT2D eigenvalue weighted by atomic mass is 9.80. The third-order valence-corrected chi connectivity index (χ3v) is 4.45. The zero-order valence-electron chi connectivity index (χ0n) is 12.4. The van der Waals surface area contributed by atoms with Crippen LogP contribution in [-0.4, -0.2) is 35.0 Å². The van der Waals surface area contributed by atoms with E-state index in [9.17, 15) is 14.7 Å². The van der Waals surface area contributed by atoms with Gasteiger partial charge in [-0.05, 0) is 40.5 Å². The summed E-state index contributed by atoms with van der Waals surface area (Å²) in [6.07, 6.45) is 0.978. The van der Waals surface area contributed by atoms with Gasteiger partial charge in [-0.25, -0.2) is 0 Å². The molecule has 20 heavy (non-hydrogen) atoms. The van der Waals surface area contributed by atoms with Crippen LogP contribution in [0.4, 0.5) is 0 Å². The van der Waals surface area contributed by atoms with Crippen LogP contribution in [0.1, 0.15) is 47.2 Å². The van der Waals surface area contributed by atoms with Gasteiger partial charge in [-0.2, -0.15) is 0 Å². The van der Waals surface area contributed by atoms with E-state index in [1.165, 1.54) is 0 Å². The number of carboxylic acids is 1. The first-order valence-corrected chi connectivity index (χ1v) is 6.85. The van der Waals surface area contributed by atoms with Crippen LogP contribution >= 0.6 is 0 Å². The van der Waals surface area contributed by atoms with Gasteiger partial charge in [0.2, 0.25) is 0 Å². The molecule has 1 aromatic rings. The number of hydrogen-bond donors (Lipinski definition) is 1. The second kappa shape index (κ2) is 4.96. The van der Waals surface area contributed by atoms with Crippen molar-refractivity contribution in [3.8, 4) is 0 Å². The molecule has 0 aromatic carbocycles. The quantitative estimate of drug-likeness (QED) is 0.903. The summed E-state index contributed by atoms with van der Waals surface area (Å²) in [7, 11) is 0. The van der Waals surface area contributed by atoms with Crippen LogP contribution in [0.3, 0.4) is 0 Å². The molecule has 1 aliphatic heterocycles. The molecule has 0 aliphatic carbocycles. The van der Waals surface area contributed by atoms with Gasteiger partial charge < -0.3 is 14.4 Å². The maximum Gasteiger partial charge on any atom is 0.309 e. The first-order chi connectivity index (χ1) is 9.26. The van der Waals surface area contributed by atoms with Gasteiger partial charge in [0.25, 0.3) is 5.91 Å². The lowest BCUT2D eigenvalue weighted by molar-refractivity contribution is -0.150. The highest BCUT2D eigenvalue weighted by molar-refractivity contribution is 5.97. The molecule has 2 heterocycles. The van der Waals surface area contributed by atoms with Crippen molar-refractivity contribution in [2.24, 2.45) is 5.41 Å². The minimum atomic E-state index is -0.781. The number of carboxylic acid groups (broad SMARTS) is 1. The molecule has 1 fully saturated rings. The smallest absolute Gasteiger partial charge is 0.309 e. The molecule has 0 spiro atoms. The second-order valence-corrected chi connectivity index (χ2v) is 5.87. The van der Waals surface area contributed by atoms with Crippen molar-refractivity contribution in [2.45, 2.75) is 40.5 Å². The molecule has 1 aliphatic rings. The minimum absolute atomic E-state index is 0.0516. The molecule has 1 aromatic heterocycles. The van der Waals surface area contributed by atoms with E-state index in [4.69, 9.17) is 4.42 Å². The van der Waals surface area contributed by atoms with Crippen LogP contribution < -0.4 is 0 Å². The fourth-order valence-corrected chi connectivity index (χ4v) is 2.68.